The van der Waals surface area contributed by atoms with Crippen LogP contribution in [0.5, 0.6) is 0 Å². The summed E-state index contributed by atoms with van der Waals surface area (Å²) in [7, 11) is 0. The second-order valence-corrected chi connectivity index (χ2v) is 6.58. The van der Waals surface area contributed by atoms with Crippen molar-refractivity contribution in [3.05, 3.63) is 17.7 Å². The Hall–Kier alpha value is -1.36. The summed E-state index contributed by atoms with van der Waals surface area (Å²) in [6, 6.07) is 0. The molecule has 1 aliphatic rings. The van der Waals surface area contributed by atoms with Gasteiger partial charge in [-0.2, -0.15) is 0 Å². The van der Waals surface area contributed by atoms with Crippen molar-refractivity contribution in [1.29, 1.82) is 0 Å². The van der Waals surface area contributed by atoms with E-state index in [0.29, 0.717) is 11.6 Å². The quantitative estimate of drug-likeness (QED) is 0.845. The van der Waals surface area contributed by atoms with Crippen LogP contribution >= 0.6 is 0 Å². The van der Waals surface area contributed by atoms with Gasteiger partial charge in [0.05, 0.1) is 6.33 Å². The van der Waals surface area contributed by atoms with E-state index in [1.165, 1.54) is 32.5 Å². The molecule has 1 fully saturated rings. The highest BCUT2D eigenvalue weighted by Gasteiger charge is 2.20. The van der Waals surface area contributed by atoms with Gasteiger partial charge in [-0.1, -0.05) is 13.8 Å². The third-order valence-corrected chi connectivity index (χ3v) is 4.11. The first kappa shape index (κ1) is 16.0. The number of rotatable bonds is 6. The van der Waals surface area contributed by atoms with Crippen LogP contribution in [0.1, 0.15) is 49.3 Å². The van der Waals surface area contributed by atoms with Gasteiger partial charge in [-0.05, 0) is 44.6 Å². The Morgan fingerprint density at radius 3 is 3.05 bits per heavy atom. The average molecular weight is 292 g/mol. The van der Waals surface area contributed by atoms with Gasteiger partial charge in [0.25, 0.3) is 5.91 Å². The van der Waals surface area contributed by atoms with Crippen LogP contribution in [0.4, 0.5) is 0 Å². The predicted octanol–water partition coefficient (Wildman–Crippen LogP) is 2.21. The molecule has 5 nitrogen and oxygen atoms in total. The highest BCUT2D eigenvalue weighted by Crippen LogP contribution is 2.20. The molecule has 1 amide bonds. The summed E-state index contributed by atoms with van der Waals surface area (Å²) in [4.78, 5) is 21.5. The number of likely N-dealkylation sites (tertiary alicyclic amines) is 1. The minimum absolute atomic E-state index is 0.0661. The topological polar surface area (TPSA) is 61.0 Å². The summed E-state index contributed by atoms with van der Waals surface area (Å²) in [6.07, 6.45) is 5.19. The Kier molecular flexibility index (Phi) is 5.79. The molecule has 0 spiro atoms. The van der Waals surface area contributed by atoms with Gasteiger partial charge in [-0.3, -0.25) is 4.79 Å². The maximum atomic E-state index is 12.0. The molecule has 1 aromatic rings. The van der Waals surface area contributed by atoms with E-state index in [1.54, 1.807) is 6.33 Å². The van der Waals surface area contributed by atoms with E-state index in [4.69, 9.17) is 0 Å². The third-order valence-electron chi connectivity index (χ3n) is 4.11. The van der Waals surface area contributed by atoms with Gasteiger partial charge in [0.15, 0.2) is 0 Å². The second kappa shape index (κ2) is 7.59. The van der Waals surface area contributed by atoms with Crippen LogP contribution in [0.15, 0.2) is 6.33 Å². The SMILES string of the molecule is Cc1[nH]cnc1C(=O)NCCC1CCCN(CC(C)C)C1. The van der Waals surface area contributed by atoms with Gasteiger partial charge < -0.3 is 15.2 Å². The number of hydrogen-bond donors (Lipinski definition) is 2. The van der Waals surface area contributed by atoms with Gasteiger partial charge in [0.1, 0.15) is 5.69 Å². The summed E-state index contributed by atoms with van der Waals surface area (Å²) in [6.45, 7) is 10.8. The van der Waals surface area contributed by atoms with Gasteiger partial charge in [0.2, 0.25) is 0 Å². The number of aromatic nitrogens is 2. The van der Waals surface area contributed by atoms with Crippen LogP contribution < -0.4 is 5.32 Å². The lowest BCUT2D eigenvalue weighted by molar-refractivity contribution is 0.0941. The summed E-state index contributed by atoms with van der Waals surface area (Å²) in [5, 5.41) is 2.99. The molecule has 1 unspecified atom stereocenters. The normalized spacial score (nSPS) is 19.9. The van der Waals surface area contributed by atoms with Crippen LogP contribution in [0.2, 0.25) is 0 Å². The van der Waals surface area contributed by atoms with E-state index in [1.807, 2.05) is 6.92 Å². The number of aryl methyl sites for hydroxylation is 1. The molecule has 1 aliphatic heterocycles. The summed E-state index contributed by atoms with van der Waals surface area (Å²) in [5.74, 6) is 1.37. The molecule has 1 aromatic heterocycles. The van der Waals surface area contributed by atoms with E-state index in [-0.39, 0.29) is 5.91 Å². The molecule has 2 heterocycles. The molecule has 2 rings (SSSR count). The van der Waals surface area contributed by atoms with Crippen molar-refractivity contribution in [3.8, 4) is 0 Å². The van der Waals surface area contributed by atoms with E-state index < -0.39 is 0 Å². The van der Waals surface area contributed by atoms with Gasteiger partial charge >= 0.3 is 0 Å². The number of piperidine rings is 1. The van der Waals surface area contributed by atoms with Gasteiger partial charge in [-0.25, -0.2) is 4.98 Å². The van der Waals surface area contributed by atoms with Crippen molar-refractivity contribution >= 4 is 5.91 Å². The lowest BCUT2D eigenvalue weighted by atomic mass is 9.94. The third kappa shape index (κ3) is 4.84. The smallest absolute Gasteiger partial charge is 0.271 e. The Morgan fingerprint density at radius 1 is 1.57 bits per heavy atom. The van der Waals surface area contributed by atoms with E-state index in [9.17, 15) is 4.79 Å². The molecule has 0 saturated carbocycles. The Balaban J connectivity index is 1.71. The number of H-pyrrole nitrogens is 1. The van der Waals surface area contributed by atoms with Crippen molar-refractivity contribution in [3.63, 3.8) is 0 Å². The van der Waals surface area contributed by atoms with Crippen molar-refractivity contribution < 1.29 is 4.79 Å². The second-order valence-electron chi connectivity index (χ2n) is 6.58. The molecule has 1 saturated heterocycles. The Morgan fingerprint density at radius 2 is 2.38 bits per heavy atom. The summed E-state index contributed by atoms with van der Waals surface area (Å²) in [5.41, 5.74) is 1.34. The molecule has 118 valence electrons. The lowest BCUT2D eigenvalue weighted by Crippen LogP contribution is -2.39. The largest absolute Gasteiger partial charge is 0.351 e. The molecular weight excluding hydrogens is 264 g/mol. The molecule has 0 radical (unpaired) electrons. The first-order chi connectivity index (χ1) is 10.1. The predicted molar refractivity (Wildman–Crippen MR) is 84.3 cm³/mol. The first-order valence-corrected chi connectivity index (χ1v) is 8.06. The standard InChI is InChI=1S/C16H28N4O/c1-12(2)9-20-8-4-5-14(10-20)6-7-17-16(21)15-13(3)18-11-19-15/h11-12,14H,4-10H2,1-3H3,(H,17,21)(H,18,19). The highest BCUT2D eigenvalue weighted by molar-refractivity contribution is 5.93. The molecule has 0 aliphatic carbocycles. The lowest BCUT2D eigenvalue weighted by Gasteiger charge is -2.33. The molecule has 1 atom stereocenters. The van der Waals surface area contributed by atoms with Crippen LogP contribution in [0.3, 0.4) is 0 Å². The number of nitrogens with zero attached hydrogens (tertiary/aromatic N) is 2. The Bertz CT molecular complexity index is 455. The highest BCUT2D eigenvalue weighted by atomic mass is 16.1. The van der Waals surface area contributed by atoms with Crippen molar-refractivity contribution in [2.24, 2.45) is 11.8 Å². The summed E-state index contributed by atoms with van der Waals surface area (Å²) >= 11 is 0. The zero-order valence-corrected chi connectivity index (χ0v) is 13.5. The summed E-state index contributed by atoms with van der Waals surface area (Å²) < 4.78 is 0. The monoisotopic (exact) mass is 292 g/mol. The number of carbonyl (C=O) groups excluding carboxylic acids is 1. The first-order valence-electron chi connectivity index (χ1n) is 8.06. The molecular formula is C16H28N4O. The van der Waals surface area contributed by atoms with E-state index >= 15 is 0 Å². The average Bonchev–Trinajstić information content (AvgIpc) is 2.84. The van der Waals surface area contributed by atoms with Crippen molar-refractivity contribution in [1.82, 2.24) is 20.2 Å². The molecule has 5 heteroatoms. The number of hydrogen-bond acceptors (Lipinski definition) is 3. The number of carbonyl (C=O) groups is 1. The Labute approximate surface area is 127 Å². The fraction of sp³-hybridized carbons (Fsp3) is 0.750. The molecule has 0 aromatic carbocycles. The number of imidazole rings is 1. The van der Waals surface area contributed by atoms with Crippen LogP contribution in [-0.2, 0) is 0 Å². The molecule has 0 bridgehead atoms. The van der Waals surface area contributed by atoms with Crippen LogP contribution in [0.25, 0.3) is 0 Å². The maximum absolute atomic E-state index is 12.0. The van der Waals surface area contributed by atoms with Gasteiger partial charge in [-0.15, -0.1) is 0 Å². The zero-order valence-electron chi connectivity index (χ0n) is 13.5. The number of aromatic amines is 1. The zero-order chi connectivity index (χ0) is 15.2. The van der Waals surface area contributed by atoms with Crippen LogP contribution in [-0.4, -0.2) is 47.0 Å². The number of nitrogens with one attached hydrogen (secondary N) is 2. The molecule has 21 heavy (non-hydrogen) atoms. The maximum Gasteiger partial charge on any atom is 0.271 e. The fourth-order valence-electron chi connectivity index (χ4n) is 3.13. The van der Waals surface area contributed by atoms with E-state index in [2.05, 4.69) is 34.0 Å². The number of amides is 1. The minimum Gasteiger partial charge on any atom is -0.351 e. The fourth-order valence-corrected chi connectivity index (χ4v) is 3.13. The van der Waals surface area contributed by atoms with E-state index in [0.717, 1.165) is 24.6 Å². The van der Waals surface area contributed by atoms with Crippen LogP contribution in [0, 0.1) is 18.8 Å². The van der Waals surface area contributed by atoms with Crippen molar-refractivity contribution in [2.75, 3.05) is 26.2 Å². The minimum atomic E-state index is -0.0661. The van der Waals surface area contributed by atoms with Gasteiger partial charge in [0, 0.05) is 25.3 Å². The van der Waals surface area contributed by atoms with Crippen molar-refractivity contribution in [2.45, 2.75) is 40.0 Å². The molecule has 2 N–H and O–H groups in total.